The van der Waals surface area contributed by atoms with E-state index in [-0.39, 0.29) is 11.1 Å². The Hall–Kier alpha value is -4.75. The van der Waals surface area contributed by atoms with Crippen LogP contribution < -0.4 is 4.57 Å². The largest absolute Gasteiger partial charge is 0.454 e. The van der Waals surface area contributed by atoms with E-state index >= 15 is 4.39 Å². The first kappa shape index (κ1) is 19.3. The van der Waals surface area contributed by atoms with Crippen LogP contribution in [-0.4, -0.2) is 0 Å². The Balaban J connectivity index is 1.54. The minimum absolute atomic E-state index is 0.0637. The molecule has 0 unspecified atom stereocenters. The number of nitriles is 1. The number of hydrogen-bond acceptors (Lipinski definition) is 2. The smallest absolute Gasteiger partial charge is 0.216 e. The lowest BCUT2D eigenvalue weighted by atomic mass is 9.81. The van der Waals surface area contributed by atoms with Crippen molar-refractivity contribution >= 4 is 21.9 Å². The number of rotatable bonds is 2. The number of fused-ring (bicyclic) bond motifs is 6. The van der Waals surface area contributed by atoms with E-state index in [1.807, 2.05) is 36.4 Å². The third-order valence-electron chi connectivity index (χ3n) is 8.31. The number of hydrogen-bond donors (Lipinski definition) is 0. The number of benzene rings is 4. The Morgan fingerprint density at radius 2 is 1.65 bits per heavy atom. The quantitative estimate of drug-likeness (QED) is 0.211. The minimum atomic E-state index is -2.94. The van der Waals surface area contributed by atoms with Crippen molar-refractivity contribution in [2.75, 3.05) is 0 Å². The van der Waals surface area contributed by atoms with E-state index in [9.17, 15) is 5.26 Å². The van der Waals surface area contributed by atoms with Gasteiger partial charge in [0.15, 0.2) is 5.82 Å². The lowest BCUT2D eigenvalue weighted by molar-refractivity contribution is -0.662. The van der Waals surface area contributed by atoms with Gasteiger partial charge in [-0.1, -0.05) is 62.4 Å². The molecule has 0 N–H and O–H groups in total. The Kier molecular flexibility index (Phi) is 4.05. The molecule has 1 aliphatic rings. The Labute approximate surface area is 239 Å². The van der Waals surface area contributed by atoms with Gasteiger partial charge in [-0.05, 0) is 70.9 Å². The van der Waals surface area contributed by atoms with Gasteiger partial charge >= 0.3 is 0 Å². The van der Waals surface area contributed by atoms with Gasteiger partial charge in [-0.2, -0.15) is 9.83 Å². The molecule has 0 saturated carbocycles. The van der Waals surface area contributed by atoms with E-state index in [2.05, 4.69) is 44.2 Å². The molecule has 0 amide bonds. The summed E-state index contributed by atoms with van der Waals surface area (Å²) >= 11 is 0. The van der Waals surface area contributed by atoms with E-state index in [4.69, 9.17) is 11.3 Å². The van der Waals surface area contributed by atoms with Crippen molar-refractivity contribution in [1.82, 2.24) is 0 Å². The summed E-state index contributed by atoms with van der Waals surface area (Å²) in [5.74, 6) is -1.25. The van der Waals surface area contributed by atoms with Crippen molar-refractivity contribution in [2.24, 2.45) is 7.05 Å². The summed E-state index contributed by atoms with van der Waals surface area (Å²) in [6, 6.07) is 23.7. The minimum Gasteiger partial charge on any atom is -0.454 e. The molecule has 4 aromatic carbocycles. The number of aromatic nitrogens is 1. The average molecular weight is 529 g/mol. The zero-order chi connectivity index (χ0) is 32.2. The number of furan rings is 1. The number of halogens is 1. The summed E-state index contributed by atoms with van der Waals surface area (Å²) in [6.45, 7) is 3.24. The van der Waals surface area contributed by atoms with Crippen LogP contribution in [0, 0.1) is 30.9 Å². The van der Waals surface area contributed by atoms with Crippen LogP contribution in [0.2, 0.25) is 0 Å². The van der Waals surface area contributed by atoms with E-state index in [1.165, 1.54) is 22.7 Å². The molecule has 0 fully saturated rings. The van der Waals surface area contributed by atoms with E-state index in [0.29, 0.717) is 38.8 Å². The second kappa shape index (κ2) is 8.37. The fourth-order valence-corrected chi connectivity index (χ4v) is 6.28. The van der Waals surface area contributed by atoms with Crippen LogP contribution >= 0.6 is 0 Å². The Bertz CT molecular complexity index is 2310. The highest BCUT2D eigenvalue weighted by molar-refractivity contribution is 6.14. The number of nitrogens with zero attached hydrogens (tertiary/aromatic N) is 2. The maximum absolute atomic E-state index is 15.1. The van der Waals surface area contributed by atoms with Gasteiger partial charge in [-0.3, -0.25) is 0 Å². The summed E-state index contributed by atoms with van der Waals surface area (Å²) in [7, 11) is 1.44. The Morgan fingerprint density at radius 1 is 0.925 bits per heavy atom. The summed E-state index contributed by atoms with van der Waals surface area (Å²) in [5.41, 5.74) is 7.50. The van der Waals surface area contributed by atoms with Gasteiger partial charge in [-0.15, -0.1) is 0 Å². The summed E-state index contributed by atoms with van der Waals surface area (Å²) in [5, 5.41) is 11.7. The maximum atomic E-state index is 15.1. The van der Waals surface area contributed by atoms with Crippen LogP contribution in [0.4, 0.5) is 4.39 Å². The van der Waals surface area contributed by atoms with Gasteiger partial charge in [0.2, 0.25) is 11.9 Å². The standard InChI is InChI=1S/C36H28FN2O/c1-20-10-13-26-27-15-12-23(18-38)33(35(27)40-34(26)32(20)31-16-21(2)30(37)19-39(31)5)22-11-14-25-24-8-6-7-9-28(24)36(3,4)29(25)17-22/h6-17,19H,1-5H3/q+1/i2D3,16D,19D. The van der Waals surface area contributed by atoms with Gasteiger partial charge in [0.05, 0.1) is 18.6 Å². The molecule has 0 bridgehead atoms. The van der Waals surface area contributed by atoms with Crippen LogP contribution in [0.1, 0.15) is 48.5 Å². The topological polar surface area (TPSA) is 40.8 Å². The highest BCUT2D eigenvalue weighted by Gasteiger charge is 2.35. The lowest BCUT2D eigenvalue weighted by Crippen LogP contribution is -2.31. The molecule has 40 heavy (non-hydrogen) atoms. The lowest BCUT2D eigenvalue weighted by Gasteiger charge is -2.22. The predicted octanol–water partition coefficient (Wildman–Crippen LogP) is 8.68. The molecule has 0 saturated heterocycles. The van der Waals surface area contributed by atoms with Gasteiger partial charge in [-0.25, -0.2) is 4.39 Å². The fourth-order valence-electron chi connectivity index (χ4n) is 6.28. The van der Waals surface area contributed by atoms with Crippen molar-refractivity contribution in [1.29, 1.82) is 5.26 Å². The molecule has 4 heteroatoms. The molecule has 3 nitrogen and oxygen atoms in total. The molecule has 0 atom stereocenters. The molecule has 0 spiro atoms. The third kappa shape index (κ3) is 3.24. The molecule has 7 rings (SSSR count). The normalized spacial score (nSPS) is 15.6. The molecule has 0 radical (unpaired) electrons. The SMILES string of the molecule is [2H]c1c(C([2H])([2H])[2H])c(F)c([2H])[n+](C)c1-c1c(C)ccc2c1oc1c(-c3ccc4c(c3)C(C)(C)c3ccccc3-4)c(C#N)ccc12. The molecule has 194 valence electrons. The first-order chi connectivity index (χ1) is 21.3. The first-order valence-corrected chi connectivity index (χ1v) is 13.1. The molecular weight excluding hydrogens is 495 g/mol. The monoisotopic (exact) mass is 528 g/mol. The summed E-state index contributed by atoms with van der Waals surface area (Å²) < 4.78 is 63.9. The number of aryl methyl sites for hydroxylation is 1. The van der Waals surface area contributed by atoms with E-state index in [1.54, 1.807) is 13.0 Å². The Morgan fingerprint density at radius 3 is 2.42 bits per heavy atom. The van der Waals surface area contributed by atoms with Crippen LogP contribution in [0.25, 0.3) is 55.4 Å². The molecule has 2 heterocycles. The van der Waals surface area contributed by atoms with Crippen LogP contribution in [0.3, 0.4) is 0 Å². The van der Waals surface area contributed by atoms with E-state index < -0.39 is 30.4 Å². The van der Waals surface area contributed by atoms with E-state index in [0.717, 1.165) is 22.1 Å². The van der Waals surface area contributed by atoms with Gasteiger partial charge in [0.1, 0.15) is 19.6 Å². The van der Waals surface area contributed by atoms with Crippen LogP contribution in [0.5, 0.6) is 0 Å². The summed E-state index contributed by atoms with van der Waals surface area (Å²) in [4.78, 5) is 0. The molecule has 6 aromatic rings. The summed E-state index contributed by atoms with van der Waals surface area (Å²) in [6.07, 6.45) is -0.645. The molecule has 2 aromatic heterocycles. The molecule has 0 aliphatic heterocycles. The van der Waals surface area contributed by atoms with Crippen molar-refractivity contribution < 1.29 is 20.2 Å². The number of pyridine rings is 1. The van der Waals surface area contributed by atoms with Crippen molar-refractivity contribution in [3.05, 3.63) is 113 Å². The van der Waals surface area contributed by atoms with Crippen LogP contribution in [-0.2, 0) is 12.5 Å². The van der Waals surface area contributed by atoms with Crippen molar-refractivity contribution in [2.45, 2.75) is 33.0 Å². The molecule has 1 aliphatic carbocycles. The maximum Gasteiger partial charge on any atom is 0.216 e. The van der Waals surface area contributed by atoms with Gasteiger partial charge in [0, 0.05) is 31.9 Å². The zero-order valence-electron chi connectivity index (χ0n) is 27.5. The zero-order valence-corrected chi connectivity index (χ0v) is 22.5. The fraction of sp³-hybridized carbons (Fsp3) is 0.167. The highest BCUT2D eigenvalue weighted by atomic mass is 19.1. The van der Waals surface area contributed by atoms with Gasteiger partial charge in [0.25, 0.3) is 0 Å². The molecular formula is C36H28FN2O+. The highest BCUT2D eigenvalue weighted by Crippen LogP contribution is 2.50. The van der Waals surface area contributed by atoms with Crippen molar-refractivity contribution in [3.8, 4) is 39.6 Å². The average Bonchev–Trinajstić information content (AvgIpc) is 3.48. The van der Waals surface area contributed by atoms with Crippen LogP contribution in [0.15, 0.2) is 83.4 Å². The second-order valence-electron chi connectivity index (χ2n) is 11.0. The predicted molar refractivity (Wildman–Crippen MR) is 157 cm³/mol. The first-order valence-electron chi connectivity index (χ1n) is 15.6. The van der Waals surface area contributed by atoms with Gasteiger partial charge < -0.3 is 4.42 Å². The van der Waals surface area contributed by atoms with Crippen molar-refractivity contribution in [3.63, 3.8) is 0 Å². The third-order valence-corrected chi connectivity index (χ3v) is 8.31. The second-order valence-corrected chi connectivity index (χ2v) is 11.0.